The van der Waals surface area contributed by atoms with Crippen LogP contribution in [0.1, 0.15) is 16.7 Å². The zero-order chi connectivity index (χ0) is 20.7. The van der Waals surface area contributed by atoms with E-state index in [0.717, 1.165) is 45.7 Å². The minimum Gasteiger partial charge on any atom is -0.497 e. The highest BCUT2D eigenvalue weighted by atomic mass is 16.5. The summed E-state index contributed by atoms with van der Waals surface area (Å²) in [4.78, 5) is 0. The van der Waals surface area contributed by atoms with Crippen LogP contribution < -0.4 is 4.74 Å². The van der Waals surface area contributed by atoms with Crippen LogP contribution >= 0.6 is 0 Å². The van der Waals surface area contributed by atoms with Gasteiger partial charge in [-0.2, -0.15) is 0 Å². The molecule has 0 saturated heterocycles. The molecule has 0 atom stereocenters. The summed E-state index contributed by atoms with van der Waals surface area (Å²) in [6.45, 7) is 5.03. The Morgan fingerprint density at radius 2 is 1.63 bits per heavy atom. The van der Waals surface area contributed by atoms with Crippen molar-refractivity contribution in [1.29, 1.82) is 0 Å². The summed E-state index contributed by atoms with van der Waals surface area (Å²) in [7, 11) is 1.69. The summed E-state index contributed by atoms with van der Waals surface area (Å²) < 4.78 is 7.77. The zero-order valence-electron chi connectivity index (χ0n) is 17.4. The van der Waals surface area contributed by atoms with E-state index in [1.807, 2.05) is 12.1 Å². The number of benzene rings is 3. The molecule has 0 saturated carbocycles. The highest BCUT2D eigenvalue weighted by Gasteiger charge is 2.21. The maximum atomic E-state index is 5.49. The fraction of sp³-hybridized carbons (Fsp3) is 0.154. The standard InChI is InChI=1S/C26H23N3O/c1-17-9-10-20(13-18(17)2)25-23-16-29(15-19-7-5-4-6-8-19)24-12-11-21(30-3)14-22(24)26(23)28-27-25/h4-14,16H,15H2,1-3H3. The molecule has 0 N–H and O–H groups in total. The van der Waals surface area contributed by atoms with Gasteiger partial charge in [0.1, 0.15) is 17.1 Å². The normalized spacial score (nSPS) is 11.3. The number of pyridine rings is 1. The summed E-state index contributed by atoms with van der Waals surface area (Å²) in [5, 5.41) is 10.2. The second-order valence-electron chi connectivity index (χ2n) is 7.74. The number of aryl methyl sites for hydroxylation is 2. The van der Waals surface area contributed by atoms with Crippen LogP contribution in [-0.2, 0) is 6.54 Å². The van der Waals surface area contributed by atoms with Crippen molar-refractivity contribution in [3.63, 3.8) is 0 Å². The topological polar surface area (TPSA) is 39.9 Å². The smallest absolute Gasteiger partial charge is 0.119 e. The monoisotopic (exact) mass is 393 g/mol. The van der Waals surface area contributed by atoms with Crippen molar-refractivity contribution >= 4 is 10.9 Å². The Morgan fingerprint density at radius 3 is 2.40 bits per heavy atom. The molecule has 148 valence electrons. The van der Waals surface area contributed by atoms with Gasteiger partial charge in [0, 0.05) is 29.3 Å². The molecule has 0 fully saturated rings. The lowest BCUT2D eigenvalue weighted by Gasteiger charge is -2.16. The Labute approximate surface area is 176 Å². The molecule has 0 unspecified atom stereocenters. The lowest BCUT2D eigenvalue weighted by atomic mass is 9.99. The van der Waals surface area contributed by atoms with E-state index >= 15 is 0 Å². The third-order valence-electron chi connectivity index (χ3n) is 5.79. The van der Waals surface area contributed by atoms with Crippen LogP contribution in [0.3, 0.4) is 0 Å². The SMILES string of the molecule is COc1ccc2c(c1)c1nnc(-c3ccc(C)c(C)c3)c-1cn2Cc1ccccc1. The highest BCUT2D eigenvalue weighted by Crippen LogP contribution is 2.38. The van der Waals surface area contributed by atoms with Crippen molar-refractivity contribution < 1.29 is 4.74 Å². The van der Waals surface area contributed by atoms with E-state index in [-0.39, 0.29) is 0 Å². The van der Waals surface area contributed by atoms with Crippen molar-refractivity contribution in [2.45, 2.75) is 20.4 Å². The molecule has 0 radical (unpaired) electrons. The molecule has 0 aromatic heterocycles. The molecule has 0 spiro atoms. The molecule has 2 aliphatic heterocycles. The minimum absolute atomic E-state index is 0.775. The molecule has 0 aliphatic carbocycles. The summed E-state index contributed by atoms with van der Waals surface area (Å²) in [6.07, 6.45) is 2.18. The number of nitrogens with zero attached hydrogens (tertiary/aromatic N) is 3. The molecule has 30 heavy (non-hydrogen) atoms. The first-order valence-electron chi connectivity index (χ1n) is 10.1. The molecule has 2 heterocycles. The molecular formula is C26H23N3O. The van der Waals surface area contributed by atoms with Crippen LogP contribution in [0.25, 0.3) is 33.4 Å². The van der Waals surface area contributed by atoms with Crippen molar-refractivity contribution in [2.24, 2.45) is 0 Å². The third kappa shape index (κ3) is 3.11. The molecule has 4 heteroatoms. The van der Waals surface area contributed by atoms with E-state index < -0.39 is 0 Å². The van der Waals surface area contributed by atoms with Gasteiger partial charge in [-0.3, -0.25) is 0 Å². The van der Waals surface area contributed by atoms with E-state index in [2.05, 4.69) is 89.4 Å². The Hall–Kier alpha value is -3.66. The van der Waals surface area contributed by atoms with Crippen molar-refractivity contribution in [2.75, 3.05) is 7.11 Å². The third-order valence-corrected chi connectivity index (χ3v) is 5.79. The number of fused-ring (bicyclic) bond motifs is 3. The lowest BCUT2D eigenvalue weighted by Crippen LogP contribution is -2.04. The summed E-state index contributed by atoms with van der Waals surface area (Å²) in [5.74, 6) is 0.817. The van der Waals surface area contributed by atoms with Crippen LogP contribution in [-0.4, -0.2) is 21.9 Å². The fourth-order valence-corrected chi connectivity index (χ4v) is 3.96. The Kier molecular flexibility index (Phi) is 4.47. The van der Waals surface area contributed by atoms with Gasteiger partial charge in [0.2, 0.25) is 0 Å². The predicted molar refractivity (Wildman–Crippen MR) is 121 cm³/mol. The average Bonchev–Trinajstić information content (AvgIpc) is 3.20. The molecule has 3 aromatic carbocycles. The molecule has 5 rings (SSSR count). The molecule has 0 bridgehead atoms. The van der Waals surface area contributed by atoms with Gasteiger partial charge in [-0.1, -0.05) is 42.5 Å². The summed E-state index contributed by atoms with van der Waals surface area (Å²) in [6, 6.07) is 23.1. The van der Waals surface area contributed by atoms with Crippen molar-refractivity contribution in [3.05, 3.63) is 89.6 Å². The number of aromatic nitrogens is 3. The minimum atomic E-state index is 0.775. The average molecular weight is 393 g/mol. The molecule has 4 nitrogen and oxygen atoms in total. The van der Waals surface area contributed by atoms with Gasteiger partial charge in [0.15, 0.2) is 0 Å². The molecule has 3 aromatic rings. The van der Waals surface area contributed by atoms with Gasteiger partial charge in [-0.25, -0.2) is 0 Å². The van der Waals surface area contributed by atoms with Gasteiger partial charge < -0.3 is 9.30 Å². The van der Waals surface area contributed by atoms with E-state index in [4.69, 9.17) is 4.74 Å². The van der Waals surface area contributed by atoms with Gasteiger partial charge in [-0.15, -0.1) is 10.2 Å². The van der Waals surface area contributed by atoms with Gasteiger partial charge >= 0.3 is 0 Å². The maximum Gasteiger partial charge on any atom is 0.119 e. The van der Waals surface area contributed by atoms with E-state index in [0.29, 0.717) is 0 Å². The second kappa shape index (κ2) is 7.30. The van der Waals surface area contributed by atoms with Crippen molar-refractivity contribution in [3.8, 4) is 28.3 Å². The van der Waals surface area contributed by atoms with Crippen LogP contribution in [0, 0.1) is 13.8 Å². The lowest BCUT2D eigenvalue weighted by molar-refractivity contribution is 0.415. The number of hydrogen-bond donors (Lipinski definition) is 0. The number of ether oxygens (including phenoxy) is 1. The van der Waals surface area contributed by atoms with Gasteiger partial charge in [0.05, 0.1) is 12.6 Å². The van der Waals surface area contributed by atoms with E-state index in [9.17, 15) is 0 Å². The van der Waals surface area contributed by atoms with Crippen molar-refractivity contribution in [1.82, 2.24) is 14.8 Å². The first-order chi connectivity index (χ1) is 14.6. The van der Waals surface area contributed by atoms with Gasteiger partial charge in [-0.05, 0) is 54.8 Å². The Bertz CT molecular complexity index is 1320. The largest absolute Gasteiger partial charge is 0.497 e. The van der Waals surface area contributed by atoms with E-state index in [1.165, 1.54) is 16.7 Å². The molecule has 2 aliphatic rings. The fourth-order valence-electron chi connectivity index (χ4n) is 3.96. The van der Waals surface area contributed by atoms with Gasteiger partial charge in [0.25, 0.3) is 0 Å². The first kappa shape index (κ1) is 18.4. The quantitative estimate of drug-likeness (QED) is 0.383. The molecular weight excluding hydrogens is 370 g/mol. The highest BCUT2D eigenvalue weighted by molar-refractivity contribution is 5.98. The summed E-state index contributed by atoms with van der Waals surface area (Å²) >= 11 is 0. The first-order valence-corrected chi connectivity index (χ1v) is 10.1. The maximum absolute atomic E-state index is 5.49. The van der Waals surface area contributed by atoms with Crippen LogP contribution in [0.15, 0.2) is 72.9 Å². The molecule has 0 amide bonds. The second-order valence-corrected chi connectivity index (χ2v) is 7.74. The van der Waals surface area contributed by atoms with Crippen LogP contribution in [0.4, 0.5) is 0 Å². The number of rotatable bonds is 4. The van der Waals surface area contributed by atoms with Crippen LogP contribution in [0.2, 0.25) is 0 Å². The Balaban J connectivity index is 1.75. The predicted octanol–water partition coefficient (Wildman–Crippen LogP) is 5.88. The zero-order valence-corrected chi connectivity index (χ0v) is 17.4. The van der Waals surface area contributed by atoms with Crippen LogP contribution in [0.5, 0.6) is 5.75 Å². The number of methoxy groups -OCH3 is 1. The Morgan fingerprint density at radius 1 is 0.833 bits per heavy atom. The summed E-state index contributed by atoms with van der Waals surface area (Å²) in [5.41, 5.74) is 8.85. The van der Waals surface area contributed by atoms with E-state index in [1.54, 1.807) is 7.11 Å². The number of hydrogen-bond acceptors (Lipinski definition) is 3.